The van der Waals surface area contributed by atoms with Crippen LogP contribution in [0.25, 0.3) is 0 Å². The van der Waals surface area contributed by atoms with Gasteiger partial charge in [-0.1, -0.05) is 109 Å². The van der Waals surface area contributed by atoms with Gasteiger partial charge in [0.1, 0.15) is 18.0 Å². The summed E-state index contributed by atoms with van der Waals surface area (Å²) in [7, 11) is 0. The summed E-state index contributed by atoms with van der Waals surface area (Å²) in [5.74, 6) is -0.652. The summed E-state index contributed by atoms with van der Waals surface area (Å²) in [4.78, 5) is 37.7. The van der Waals surface area contributed by atoms with E-state index in [9.17, 15) is 14.4 Å². The number of ether oxygens (including phenoxy) is 3. The Hall–Kier alpha value is -3.41. The predicted molar refractivity (Wildman–Crippen MR) is 184 cm³/mol. The third kappa shape index (κ3) is 13.5. The lowest BCUT2D eigenvalue weighted by molar-refractivity contribution is -0.144. The number of benzene rings is 2. The second-order valence-electron chi connectivity index (χ2n) is 12.8. The summed E-state index contributed by atoms with van der Waals surface area (Å²) in [6.45, 7) is 7.97. The Kier molecular flexibility index (Phi) is 17.2. The van der Waals surface area contributed by atoms with Crippen LogP contribution in [-0.4, -0.2) is 24.0 Å². The maximum absolute atomic E-state index is 12.9. The molecular weight excluding hydrogens is 576 g/mol. The standard InChI is InChI=1S/C40H56O6/c1-4-7-9-11-12-13-14-16-18-37(46-38(41)6-3)32-21-23-33(24-22-32)39(42)45-36-29-25-34(26-30-36)40(43)44-35-27-19-31(20-28-35)17-15-10-8-5-2/h6,19-24,27-28,34,36-37H,3-5,7-18,25-26,29-30H2,1-2H3. The Morgan fingerprint density at radius 1 is 0.761 bits per heavy atom. The van der Waals surface area contributed by atoms with E-state index in [1.54, 1.807) is 12.1 Å². The highest BCUT2D eigenvalue weighted by Crippen LogP contribution is 2.30. The molecule has 46 heavy (non-hydrogen) atoms. The number of rotatable bonds is 21. The van der Waals surface area contributed by atoms with Crippen LogP contribution in [0.1, 0.15) is 151 Å². The maximum atomic E-state index is 12.9. The molecule has 0 spiro atoms. The lowest BCUT2D eigenvalue weighted by Gasteiger charge is -2.27. The first-order chi connectivity index (χ1) is 22.4. The van der Waals surface area contributed by atoms with Gasteiger partial charge in [0.25, 0.3) is 0 Å². The first-order valence-electron chi connectivity index (χ1n) is 17.9. The number of carbonyl (C=O) groups is 3. The van der Waals surface area contributed by atoms with E-state index < -0.39 is 5.97 Å². The third-order valence-electron chi connectivity index (χ3n) is 9.01. The molecule has 1 unspecified atom stereocenters. The molecule has 1 aliphatic rings. The van der Waals surface area contributed by atoms with Crippen molar-refractivity contribution in [3.05, 3.63) is 77.9 Å². The molecule has 2 aromatic rings. The number of hydrogen-bond donors (Lipinski definition) is 0. The summed E-state index contributed by atoms with van der Waals surface area (Å²) in [5, 5.41) is 0. The summed E-state index contributed by atoms with van der Waals surface area (Å²) in [5.41, 5.74) is 2.58. The van der Waals surface area contributed by atoms with E-state index in [2.05, 4.69) is 20.4 Å². The van der Waals surface area contributed by atoms with Crippen molar-refractivity contribution in [2.45, 2.75) is 142 Å². The average molecular weight is 633 g/mol. The van der Waals surface area contributed by atoms with Crippen LogP contribution in [0.15, 0.2) is 61.2 Å². The van der Waals surface area contributed by atoms with Crippen LogP contribution in [0.2, 0.25) is 0 Å². The minimum atomic E-state index is -0.446. The SMILES string of the molecule is C=CC(=O)OC(CCCCCCCCCC)c1ccc(C(=O)OC2CCC(C(=O)Oc3ccc(CCCCCC)cc3)CC2)cc1. The molecule has 2 aromatic carbocycles. The number of aryl methyl sites for hydroxylation is 1. The van der Waals surface area contributed by atoms with Gasteiger partial charge in [0.05, 0.1) is 11.5 Å². The van der Waals surface area contributed by atoms with Crippen molar-refractivity contribution in [1.82, 2.24) is 0 Å². The Morgan fingerprint density at radius 2 is 1.35 bits per heavy atom. The molecule has 1 fully saturated rings. The number of unbranched alkanes of at least 4 members (excludes halogenated alkanes) is 10. The van der Waals surface area contributed by atoms with E-state index in [1.807, 2.05) is 36.4 Å². The second-order valence-corrected chi connectivity index (χ2v) is 12.8. The van der Waals surface area contributed by atoms with E-state index in [0.717, 1.165) is 31.2 Å². The van der Waals surface area contributed by atoms with Gasteiger partial charge in [-0.25, -0.2) is 9.59 Å². The smallest absolute Gasteiger partial charge is 0.338 e. The molecular formula is C40H56O6. The molecule has 3 rings (SSSR count). The van der Waals surface area contributed by atoms with Crippen molar-refractivity contribution >= 4 is 17.9 Å². The van der Waals surface area contributed by atoms with Crippen molar-refractivity contribution in [3.63, 3.8) is 0 Å². The maximum Gasteiger partial charge on any atom is 0.338 e. The van der Waals surface area contributed by atoms with E-state index in [1.165, 1.54) is 75.8 Å². The molecule has 6 nitrogen and oxygen atoms in total. The molecule has 1 aliphatic carbocycles. The number of carbonyl (C=O) groups excluding carboxylic acids is 3. The highest BCUT2D eigenvalue weighted by molar-refractivity contribution is 5.89. The molecule has 0 bridgehead atoms. The quantitative estimate of drug-likeness (QED) is 0.0590. The van der Waals surface area contributed by atoms with Crippen molar-refractivity contribution in [1.29, 1.82) is 0 Å². The molecule has 252 valence electrons. The van der Waals surface area contributed by atoms with E-state index in [4.69, 9.17) is 14.2 Å². The Bertz CT molecular complexity index is 1180. The van der Waals surface area contributed by atoms with Gasteiger partial charge in [-0.3, -0.25) is 4.79 Å². The van der Waals surface area contributed by atoms with Crippen LogP contribution in [0.3, 0.4) is 0 Å². The van der Waals surface area contributed by atoms with Gasteiger partial charge in [-0.2, -0.15) is 0 Å². The van der Waals surface area contributed by atoms with Crippen LogP contribution in [0, 0.1) is 5.92 Å². The largest absolute Gasteiger partial charge is 0.459 e. The van der Waals surface area contributed by atoms with Crippen LogP contribution in [-0.2, 0) is 25.5 Å². The van der Waals surface area contributed by atoms with Gasteiger partial charge >= 0.3 is 17.9 Å². The van der Waals surface area contributed by atoms with Gasteiger partial charge in [-0.15, -0.1) is 0 Å². The number of esters is 3. The minimum absolute atomic E-state index is 0.195. The fraction of sp³-hybridized carbons (Fsp3) is 0.575. The molecule has 1 atom stereocenters. The number of hydrogen-bond acceptors (Lipinski definition) is 6. The molecule has 0 aliphatic heterocycles. The normalized spacial score (nSPS) is 16.7. The topological polar surface area (TPSA) is 78.9 Å². The Balaban J connectivity index is 1.41. The zero-order valence-electron chi connectivity index (χ0n) is 28.3. The zero-order chi connectivity index (χ0) is 33.0. The van der Waals surface area contributed by atoms with Gasteiger partial charge in [0, 0.05) is 6.08 Å². The van der Waals surface area contributed by atoms with Crippen molar-refractivity contribution < 1.29 is 28.6 Å². The van der Waals surface area contributed by atoms with Crippen LogP contribution < -0.4 is 4.74 Å². The highest BCUT2D eigenvalue weighted by Gasteiger charge is 2.30. The Morgan fingerprint density at radius 3 is 1.96 bits per heavy atom. The molecule has 0 aromatic heterocycles. The average Bonchev–Trinajstić information content (AvgIpc) is 3.08. The first kappa shape index (κ1) is 37.1. The monoisotopic (exact) mass is 632 g/mol. The molecule has 1 saturated carbocycles. The lowest BCUT2D eigenvalue weighted by atomic mass is 9.87. The lowest BCUT2D eigenvalue weighted by Crippen LogP contribution is -2.30. The molecule has 0 radical (unpaired) electrons. The Labute approximate surface area is 277 Å². The molecule has 0 saturated heterocycles. The molecule has 0 amide bonds. The highest BCUT2D eigenvalue weighted by atomic mass is 16.5. The molecule has 0 heterocycles. The predicted octanol–water partition coefficient (Wildman–Crippen LogP) is 10.4. The van der Waals surface area contributed by atoms with Crippen LogP contribution in [0.5, 0.6) is 5.75 Å². The third-order valence-corrected chi connectivity index (χ3v) is 9.01. The van der Waals surface area contributed by atoms with Gasteiger partial charge in [0.15, 0.2) is 0 Å². The fourth-order valence-electron chi connectivity index (χ4n) is 6.09. The van der Waals surface area contributed by atoms with Gasteiger partial charge in [0.2, 0.25) is 0 Å². The van der Waals surface area contributed by atoms with E-state index in [0.29, 0.717) is 37.0 Å². The van der Waals surface area contributed by atoms with E-state index >= 15 is 0 Å². The fourth-order valence-corrected chi connectivity index (χ4v) is 6.09. The minimum Gasteiger partial charge on any atom is -0.459 e. The van der Waals surface area contributed by atoms with Gasteiger partial charge < -0.3 is 14.2 Å². The van der Waals surface area contributed by atoms with E-state index in [-0.39, 0.29) is 30.1 Å². The van der Waals surface area contributed by atoms with Gasteiger partial charge in [-0.05, 0) is 86.8 Å². The van der Waals surface area contributed by atoms with Crippen LogP contribution >= 0.6 is 0 Å². The summed E-state index contributed by atoms with van der Waals surface area (Å²) in [6.07, 6.45) is 19.4. The second kappa shape index (κ2) is 21.4. The van der Waals surface area contributed by atoms with Crippen molar-refractivity contribution in [3.8, 4) is 5.75 Å². The van der Waals surface area contributed by atoms with Crippen LogP contribution in [0.4, 0.5) is 0 Å². The summed E-state index contributed by atoms with van der Waals surface area (Å²) >= 11 is 0. The zero-order valence-corrected chi connectivity index (χ0v) is 28.3. The van der Waals surface area contributed by atoms with Crippen molar-refractivity contribution in [2.75, 3.05) is 0 Å². The summed E-state index contributed by atoms with van der Waals surface area (Å²) in [6, 6.07) is 15.0. The summed E-state index contributed by atoms with van der Waals surface area (Å²) < 4.78 is 17.1. The first-order valence-corrected chi connectivity index (χ1v) is 17.9. The van der Waals surface area contributed by atoms with Crippen molar-refractivity contribution in [2.24, 2.45) is 5.92 Å². The molecule has 0 N–H and O–H groups in total. The molecule has 6 heteroatoms.